The second kappa shape index (κ2) is 5.29. The van der Waals surface area contributed by atoms with Gasteiger partial charge in [0.15, 0.2) is 0 Å². The molecule has 0 saturated heterocycles. The molecule has 2 atom stereocenters. The molecule has 0 radical (unpaired) electrons. The van der Waals surface area contributed by atoms with Crippen LogP contribution in [-0.2, 0) is 4.74 Å². The van der Waals surface area contributed by atoms with E-state index in [0.29, 0.717) is 12.1 Å². The summed E-state index contributed by atoms with van der Waals surface area (Å²) < 4.78 is 11.2. The Morgan fingerprint density at radius 2 is 2.17 bits per heavy atom. The predicted molar refractivity (Wildman–Crippen MR) is 73.0 cm³/mol. The maximum Gasteiger partial charge on any atom is 0.124 e. The van der Waals surface area contributed by atoms with Crippen LogP contribution in [0.2, 0.25) is 0 Å². The third kappa shape index (κ3) is 3.03. The van der Waals surface area contributed by atoms with Crippen LogP contribution in [0.4, 0.5) is 0 Å². The fourth-order valence-corrected chi connectivity index (χ4v) is 2.59. The van der Waals surface area contributed by atoms with Crippen molar-refractivity contribution in [1.29, 1.82) is 0 Å². The molecule has 1 aliphatic heterocycles. The van der Waals surface area contributed by atoms with Gasteiger partial charge in [-0.3, -0.25) is 0 Å². The van der Waals surface area contributed by atoms with Crippen LogP contribution in [0.15, 0.2) is 24.3 Å². The second-order valence-electron chi connectivity index (χ2n) is 5.68. The molecule has 0 spiro atoms. The first kappa shape index (κ1) is 13.4. The Hall–Kier alpha value is -1.06. The molecule has 18 heavy (non-hydrogen) atoms. The van der Waals surface area contributed by atoms with Crippen molar-refractivity contribution in [3.05, 3.63) is 29.8 Å². The van der Waals surface area contributed by atoms with Crippen molar-refractivity contribution < 1.29 is 9.47 Å². The van der Waals surface area contributed by atoms with Crippen LogP contribution in [0.5, 0.6) is 5.75 Å². The molecule has 1 aliphatic rings. The topological polar surface area (TPSA) is 30.5 Å². The van der Waals surface area contributed by atoms with Gasteiger partial charge in [-0.05, 0) is 26.8 Å². The number of methoxy groups -OCH3 is 1. The highest BCUT2D eigenvalue weighted by Gasteiger charge is 2.33. The molecule has 1 aromatic rings. The Balaban J connectivity index is 2.19. The highest BCUT2D eigenvalue weighted by atomic mass is 16.5. The molecule has 0 aliphatic carbocycles. The maximum atomic E-state index is 6.02. The Labute approximate surface area is 109 Å². The van der Waals surface area contributed by atoms with E-state index in [1.165, 1.54) is 5.56 Å². The summed E-state index contributed by atoms with van der Waals surface area (Å²) in [5.74, 6) is 0.996. The van der Waals surface area contributed by atoms with E-state index in [0.717, 1.165) is 18.8 Å². The number of para-hydroxylation sites is 1. The van der Waals surface area contributed by atoms with Gasteiger partial charge >= 0.3 is 0 Å². The Morgan fingerprint density at radius 3 is 2.89 bits per heavy atom. The molecule has 100 valence electrons. The first-order valence-corrected chi connectivity index (χ1v) is 6.55. The molecule has 2 rings (SSSR count). The van der Waals surface area contributed by atoms with Crippen molar-refractivity contribution in [2.24, 2.45) is 0 Å². The van der Waals surface area contributed by atoms with Gasteiger partial charge in [0.1, 0.15) is 11.4 Å². The lowest BCUT2D eigenvalue weighted by Gasteiger charge is -2.39. The van der Waals surface area contributed by atoms with E-state index in [1.54, 1.807) is 7.11 Å². The van der Waals surface area contributed by atoms with Crippen molar-refractivity contribution in [3.8, 4) is 5.75 Å². The Morgan fingerprint density at radius 1 is 1.44 bits per heavy atom. The smallest absolute Gasteiger partial charge is 0.124 e. The SMILES string of the molecule is COCC(C)NC1CC(C)(C)Oc2ccccc21. The monoisotopic (exact) mass is 249 g/mol. The predicted octanol–water partition coefficient (Wildman–Crippen LogP) is 2.91. The molecule has 1 heterocycles. The largest absolute Gasteiger partial charge is 0.487 e. The van der Waals surface area contributed by atoms with E-state index < -0.39 is 0 Å². The van der Waals surface area contributed by atoms with E-state index >= 15 is 0 Å². The van der Waals surface area contributed by atoms with Crippen molar-refractivity contribution in [2.75, 3.05) is 13.7 Å². The average Bonchev–Trinajstić information content (AvgIpc) is 2.27. The van der Waals surface area contributed by atoms with Crippen molar-refractivity contribution in [1.82, 2.24) is 5.32 Å². The second-order valence-corrected chi connectivity index (χ2v) is 5.68. The van der Waals surface area contributed by atoms with Crippen molar-refractivity contribution in [3.63, 3.8) is 0 Å². The van der Waals surface area contributed by atoms with Crippen LogP contribution in [0.25, 0.3) is 0 Å². The van der Waals surface area contributed by atoms with Crippen LogP contribution >= 0.6 is 0 Å². The summed E-state index contributed by atoms with van der Waals surface area (Å²) in [6, 6.07) is 8.94. The number of hydrogen-bond acceptors (Lipinski definition) is 3. The molecule has 2 unspecified atom stereocenters. The zero-order chi connectivity index (χ0) is 13.2. The molecule has 0 fully saturated rings. The van der Waals surface area contributed by atoms with Gasteiger partial charge in [0.2, 0.25) is 0 Å². The number of ether oxygens (including phenoxy) is 2. The van der Waals surface area contributed by atoms with Crippen LogP contribution < -0.4 is 10.1 Å². The average molecular weight is 249 g/mol. The highest BCUT2D eigenvalue weighted by molar-refractivity contribution is 5.38. The maximum absolute atomic E-state index is 6.02. The zero-order valence-corrected chi connectivity index (χ0v) is 11.7. The van der Waals surface area contributed by atoms with Crippen LogP contribution in [-0.4, -0.2) is 25.4 Å². The Bertz CT molecular complexity index is 403. The zero-order valence-electron chi connectivity index (χ0n) is 11.7. The molecule has 0 amide bonds. The van der Waals surface area contributed by atoms with Crippen LogP contribution in [0.1, 0.15) is 38.8 Å². The summed E-state index contributed by atoms with van der Waals surface area (Å²) in [5.41, 5.74) is 1.12. The van der Waals surface area contributed by atoms with E-state index in [2.05, 4.69) is 38.2 Å². The number of benzene rings is 1. The highest BCUT2D eigenvalue weighted by Crippen LogP contribution is 2.39. The van der Waals surface area contributed by atoms with Gasteiger partial charge in [-0.15, -0.1) is 0 Å². The van der Waals surface area contributed by atoms with Gasteiger partial charge in [0, 0.05) is 31.2 Å². The first-order valence-electron chi connectivity index (χ1n) is 6.55. The van der Waals surface area contributed by atoms with Crippen molar-refractivity contribution in [2.45, 2.75) is 44.9 Å². The summed E-state index contributed by atoms with van der Waals surface area (Å²) in [6.07, 6.45) is 0.970. The summed E-state index contributed by atoms with van der Waals surface area (Å²) in [5, 5.41) is 3.63. The van der Waals surface area contributed by atoms with E-state index in [9.17, 15) is 0 Å². The summed E-state index contributed by atoms with van der Waals surface area (Å²) in [7, 11) is 1.74. The quantitative estimate of drug-likeness (QED) is 0.890. The van der Waals surface area contributed by atoms with Gasteiger partial charge in [-0.1, -0.05) is 18.2 Å². The van der Waals surface area contributed by atoms with Crippen molar-refractivity contribution >= 4 is 0 Å². The lowest BCUT2D eigenvalue weighted by molar-refractivity contribution is 0.0603. The fraction of sp³-hybridized carbons (Fsp3) is 0.600. The van der Waals surface area contributed by atoms with Gasteiger partial charge in [0.05, 0.1) is 6.61 Å². The van der Waals surface area contributed by atoms with Gasteiger partial charge in [-0.2, -0.15) is 0 Å². The third-order valence-corrected chi connectivity index (χ3v) is 3.28. The van der Waals surface area contributed by atoms with Gasteiger partial charge in [0.25, 0.3) is 0 Å². The van der Waals surface area contributed by atoms with Gasteiger partial charge in [-0.25, -0.2) is 0 Å². The summed E-state index contributed by atoms with van der Waals surface area (Å²) >= 11 is 0. The van der Waals surface area contributed by atoms with E-state index in [1.807, 2.05) is 12.1 Å². The van der Waals surface area contributed by atoms with Gasteiger partial charge < -0.3 is 14.8 Å². The molecule has 3 heteroatoms. The van der Waals surface area contributed by atoms with E-state index in [-0.39, 0.29) is 5.60 Å². The molecular weight excluding hydrogens is 226 g/mol. The molecular formula is C15H23NO2. The first-order chi connectivity index (χ1) is 8.52. The van der Waals surface area contributed by atoms with Crippen LogP contribution in [0, 0.1) is 0 Å². The molecule has 0 aromatic heterocycles. The summed E-state index contributed by atoms with van der Waals surface area (Å²) in [6.45, 7) is 7.14. The fourth-order valence-electron chi connectivity index (χ4n) is 2.59. The standard InChI is InChI=1S/C15H23NO2/c1-11(10-17-4)16-13-9-15(2,3)18-14-8-6-5-7-12(13)14/h5-8,11,13,16H,9-10H2,1-4H3. The minimum absolute atomic E-state index is 0.126. The minimum Gasteiger partial charge on any atom is -0.487 e. The molecule has 0 bridgehead atoms. The normalized spacial score (nSPS) is 23.0. The minimum atomic E-state index is -0.126. The number of fused-ring (bicyclic) bond motifs is 1. The molecule has 3 nitrogen and oxygen atoms in total. The molecule has 1 aromatic carbocycles. The molecule has 1 N–H and O–H groups in total. The lowest BCUT2D eigenvalue weighted by atomic mass is 9.89. The molecule has 0 saturated carbocycles. The van der Waals surface area contributed by atoms with E-state index in [4.69, 9.17) is 9.47 Å². The third-order valence-electron chi connectivity index (χ3n) is 3.28. The number of nitrogens with one attached hydrogen (secondary N) is 1. The number of hydrogen-bond donors (Lipinski definition) is 1. The van der Waals surface area contributed by atoms with Crippen LogP contribution in [0.3, 0.4) is 0 Å². The number of rotatable bonds is 4. The Kier molecular flexibility index (Phi) is 3.93. The summed E-state index contributed by atoms with van der Waals surface area (Å²) in [4.78, 5) is 0. The lowest BCUT2D eigenvalue weighted by Crippen LogP contribution is -2.43.